The first kappa shape index (κ1) is 17.1. The van der Waals surface area contributed by atoms with Crippen LogP contribution in [-0.4, -0.2) is 4.98 Å². The van der Waals surface area contributed by atoms with Gasteiger partial charge < -0.3 is 0 Å². The number of hydrogen-bond donors (Lipinski definition) is 0. The lowest BCUT2D eigenvalue weighted by Crippen LogP contribution is -1.84. The molecule has 3 aromatic carbocycles. The minimum absolute atomic E-state index is 0.762. The molecule has 2 heterocycles. The Labute approximate surface area is 180 Å². The van der Waals surface area contributed by atoms with Crippen molar-refractivity contribution in [2.45, 2.75) is 0 Å². The molecule has 0 aliphatic heterocycles. The van der Waals surface area contributed by atoms with E-state index in [1.54, 1.807) is 22.7 Å². The second-order valence-corrected chi connectivity index (χ2v) is 9.36. The minimum atomic E-state index is 0.762. The Morgan fingerprint density at radius 1 is 0.862 bits per heavy atom. The van der Waals surface area contributed by atoms with E-state index in [0.29, 0.717) is 0 Å². The van der Waals surface area contributed by atoms with Crippen LogP contribution in [0.3, 0.4) is 0 Å². The third kappa shape index (κ3) is 2.75. The van der Waals surface area contributed by atoms with E-state index >= 15 is 0 Å². The first-order valence-electron chi connectivity index (χ1n) is 9.25. The van der Waals surface area contributed by atoms with Gasteiger partial charge in [-0.15, -0.1) is 22.7 Å². The first-order valence-corrected chi connectivity index (χ1v) is 11.3. The summed E-state index contributed by atoms with van der Waals surface area (Å²) in [6.45, 7) is 0. The minimum Gasteiger partial charge on any atom is -0.234 e. The molecule has 0 bridgehead atoms. The fourth-order valence-corrected chi connectivity index (χ4v) is 6.26. The molecule has 0 saturated heterocycles. The maximum absolute atomic E-state index is 6.80. The van der Waals surface area contributed by atoms with Gasteiger partial charge in [-0.05, 0) is 12.1 Å². The van der Waals surface area contributed by atoms with Crippen molar-refractivity contribution in [2.24, 2.45) is 0 Å². The SMILES string of the molecule is Clc1c2nc(-c3ccc(C4=CC=[C+]C=C4)cc3)sc2cc2c1sc1ccccc12. The van der Waals surface area contributed by atoms with Crippen molar-refractivity contribution < 1.29 is 0 Å². The van der Waals surface area contributed by atoms with Crippen molar-refractivity contribution >= 4 is 70.2 Å². The zero-order valence-electron chi connectivity index (χ0n) is 15.1. The van der Waals surface area contributed by atoms with Crippen molar-refractivity contribution in [3.8, 4) is 10.6 Å². The molecule has 0 spiro atoms. The van der Waals surface area contributed by atoms with Gasteiger partial charge in [0, 0.05) is 32.7 Å². The highest BCUT2D eigenvalue weighted by Crippen LogP contribution is 2.44. The Morgan fingerprint density at radius 3 is 2.52 bits per heavy atom. The first-order chi connectivity index (χ1) is 14.3. The molecule has 0 saturated carbocycles. The molecule has 0 radical (unpaired) electrons. The summed E-state index contributed by atoms with van der Waals surface area (Å²) >= 11 is 10.2. The maximum atomic E-state index is 6.80. The molecule has 0 atom stereocenters. The highest BCUT2D eigenvalue weighted by Gasteiger charge is 2.16. The number of benzene rings is 3. The van der Waals surface area contributed by atoms with Crippen molar-refractivity contribution in [1.82, 2.24) is 4.98 Å². The van der Waals surface area contributed by atoms with E-state index in [2.05, 4.69) is 72.8 Å². The Balaban J connectivity index is 1.48. The molecule has 4 heteroatoms. The molecule has 2 aromatic heterocycles. The number of aromatic nitrogens is 1. The highest BCUT2D eigenvalue weighted by atomic mass is 35.5. The molecule has 1 aliphatic rings. The predicted octanol–water partition coefficient (Wildman–Crippen LogP) is 8.30. The fourth-order valence-electron chi connectivity index (χ4n) is 3.71. The summed E-state index contributed by atoms with van der Waals surface area (Å²) in [5, 5.41) is 4.24. The van der Waals surface area contributed by atoms with Crippen LogP contribution < -0.4 is 0 Å². The van der Waals surface area contributed by atoms with Crippen LogP contribution in [-0.2, 0) is 0 Å². The quantitative estimate of drug-likeness (QED) is 0.259. The topological polar surface area (TPSA) is 12.9 Å². The summed E-state index contributed by atoms with van der Waals surface area (Å²) in [4.78, 5) is 4.89. The van der Waals surface area contributed by atoms with E-state index in [1.807, 2.05) is 12.2 Å². The summed E-state index contributed by atoms with van der Waals surface area (Å²) < 4.78 is 3.51. The standard InChI is InChI=1S/C25H13ClNS2/c26-22-23-21(14-19-18-8-4-5-9-20(18)28-24(19)22)29-25(27-23)17-12-10-16(11-13-17)15-6-2-1-3-7-15/h2-14H/q+1. The van der Waals surface area contributed by atoms with Crippen LogP contribution in [0.5, 0.6) is 0 Å². The number of hydrogen-bond acceptors (Lipinski definition) is 3. The summed E-state index contributed by atoms with van der Waals surface area (Å²) in [6.07, 6.45) is 11.1. The zero-order chi connectivity index (χ0) is 19.4. The van der Waals surface area contributed by atoms with Gasteiger partial charge in [0.1, 0.15) is 22.7 Å². The van der Waals surface area contributed by atoms with Gasteiger partial charge in [0.2, 0.25) is 0 Å². The monoisotopic (exact) mass is 426 g/mol. The third-order valence-corrected chi connectivity index (χ3v) is 7.89. The highest BCUT2D eigenvalue weighted by molar-refractivity contribution is 7.27. The molecule has 6 rings (SSSR count). The summed E-state index contributed by atoms with van der Waals surface area (Å²) in [5.41, 5.74) is 4.39. The molecule has 1 nitrogen and oxygen atoms in total. The van der Waals surface area contributed by atoms with Crippen LogP contribution in [0.4, 0.5) is 0 Å². The summed E-state index contributed by atoms with van der Waals surface area (Å²) in [7, 11) is 0. The van der Waals surface area contributed by atoms with E-state index < -0.39 is 0 Å². The van der Waals surface area contributed by atoms with Crippen LogP contribution in [0.2, 0.25) is 5.02 Å². The molecule has 1 aliphatic carbocycles. The third-order valence-electron chi connectivity index (χ3n) is 5.15. The second-order valence-electron chi connectivity index (χ2n) is 6.90. The summed E-state index contributed by atoms with van der Waals surface area (Å²) in [5.74, 6) is 0. The number of nitrogens with zero attached hydrogens (tertiary/aromatic N) is 1. The number of allylic oxidation sites excluding steroid dienone is 6. The van der Waals surface area contributed by atoms with Gasteiger partial charge in [-0.2, -0.15) is 0 Å². The Bertz CT molecular complexity index is 1500. The Kier molecular flexibility index (Phi) is 3.90. The molecule has 0 unspecified atom stereocenters. The summed E-state index contributed by atoms with van der Waals surface area (Å²) in [6, 6.07) is 19.3. The maximum Gasteiger partial charge on any atom is 0.124 e. The Hall–Kier alpha value is -2.81. The molecule has 0 amide bonds. The number of fused-ring (bicyclic) bond motifs is 4. The lowest BCUT2D eigenvalue weighted by Gasteiger charge is -2.00. The average molecular weight is 427 g/mol. The molecular formula is C25H13ClNS2+. The molecule has 5 aromatic rings. The van der Waals surface area contributed by atoms with Crippen LogP contribution >= 0.6 is 34.3 Å². The number of halogens is 1. The average Bonchev–Trinajstić information content (AvgIpc) is 3.37. The van der Waals surface area contributed by atoms with E-state index in [9.17, 15) is 0 Å². The lowest BCUT2D eigenvalue weighted by molar-refractivity contribution is 1.48. The van der Waals surface area contributed by atoms with Gasteiger partial charge in [0.05, 0.1) is 32.1 Å². The number of rotatable bonds is 2. The molecule has 0 N–H and O–H groups in total. The van der Waals surface area contributed by atoms with Gasteiger partial charge in [-0.1, -0.05) is 54.1 Å². The van der Waals surface area contributed by atoms with Crippen molar-refractivity contribution in [3.05, 3.63) is 95.6 Å². The Morgan fingerprint density at radius 2 is 1.69 bits per heavy atom. The fraction of sp³-hybridized carbons (Fsp3) is 0. The molecular weight excluding hydrogens is 414 g/mol. The molecule has 29 heavy (non-hydrogen) atoms. The number of thiazole rings is 1. The second kappa shape index (κ2) is 6.62. The zero-order valence-corrected chi connectivity index (χ0v) is 17.5. The van der Waals surface area contributed by atoms with Crippen molar-refractivity contribution in [2.75, 3.05) is 0 Å². The van der Waals surface area contributed by atoms with Gasteiger partial charge >= 0.3 is 0 Å². The van der Waals surface area contributed by atoms with Crippen LogP contribution in [0.15, 0.2) is 78.9 Å². The van der Waals surface area contributed by atoms with Gasteiger partial charge in [0.25, 0.3) is 0 Å². The van der Waals surface area contributed by atoms with Crippen molar-refractivity contribution in [3.63, 3.8) is 0 Å². The van der Waals surface area contributed by atoms with Crippen LogP contribution in [0, 0.1) is 6.08 Å². The van der Waals surface area contributed by atoms with Gasteiger partial charge in [-0.3, -0.25) is 0 Å². The van der Waals surface area contributed by atoms with Crippen molar-refractivity contribution in [1.29, 1.82) is 0 Å². The molecule has 136 valence electrons. The predicted molar refractivity (Wildman–Crippen MR) is 128 cm³/mol. The van der Waals surface area contributed by atoms with E-state index in [0.717, 1.165) is 30.5 Å². The van der Waals surface area contributed by atoms with Crippen LogP contribution in [0.25, 0.3) is 46.5 Å². The number of thiophene rings is 1. The lowest BCUT2D eigenvalue weighted by atomic mass is 10.0. The van der Waals surface area contributed by atoms with Gasteiger partial charge in [-0.25, -0.2) is 4.98 Å². The largest absolute Gasteiger partial charge is 0.234 e. The smallest absolute Gasteiger partial charge is 0.124 e. The van der Waals surface area contributed by atoms with Gasteiger partial charge in [0.15, 0.2) is 0 Å². The van der Waals surface area contributed by atoms with E-state index in [-0.39, 0.29) is 0 Å². The van der Waals surface area contributed by atoms with Crippen LogP contribution in [0.1, 0.15) is 5.56 Å². The van der Waals surface area contributed by atoms with E-state index in [1.165, 1.54) is 26.6 Å². The molecule has 0 fully saturated rings. The normalized spacial score (nSPS) is 13.3. The van der Waals surface area contributed by atoms with E-state index in [4.69, 9.17) is 16.6 Å².